The van der Waals surface area contributed by atoms with Gasteiger partial charge in [0.2, 0.25) is 0 Å². The van der Waals surface area contributed by atoms with Crippen molar-refractivity contribution in [3.8, 4) is 0 Å². The van der Waals surface area contributed by atoms with E-state index < -0.39 is 23.5 Å². The van der Waals surface area contributed by atoms with Gasteiger partial charge in [0.15, 0.2) is 11.6 Å². The molecule has 0 aliphatic rings. The van der Waals surface area contributed by atoms with Crippen LogP contribution in [-0.2, 0) is 4.74 Å². The van der Waals surface area contributed by atoms with Crippen LogP contribution in [0.15, 0.2) is 12.3 Å². The van der Waals surface area contributed by atoms with Gasteiger partial charge in [0.1, 0.15) is 5.60 Å². The fraction of sp³-hybridized carbons (Fsp3) is 0.364. The molecule has 98 valence electrons. The van der Waals surface area contributed by atoms with Crippen LogP contribution in [0.1, 0.15) is 31.1 Å². The molecule has 2 N–H and O–H groups in total. The Kier molecular flexibility index (Phi) is 3.85. The Morgan fingerprint density at radius 1 is 1.44 bits per heavy atom. The van der Waals surface area contributed by atoms with E-state index in [0.717, 1.165) is 12.3 Å². The number of halogens is 1. The Morgan fingerprint density at radius 2 is 2.06 bits per heavy atom. The fourth-order valence-corrected chi connectivity index (χ4v) is 1.05. The normalized spacial score (nSPS) is 10.9. The summed E-state index contributed by atoms with van der Waals surface area (Å²) in [6.45, 7) is 4.97. The van der Waals surface area contributed by atoms with Crippen LogP contribution in [0.4, 0.5) is 15.0 Å². The summed E-state index contributed by atoms with van der Waals surface area (Å²) in [5.74, 6) is -2.62. The van der Waals surface area contributed by atoms with E-state index in [-0.39, 0.29) is 11.4 Å². The number of rotatable bonds is 2. The van der Waals surface area contributed by atoms with Crippen molar-refractivity contribution in [1.29, 1.82) is 0 Å². The van der Waals surface area contributed by atoms with Gasteiger partial charge in [-0.25, -0.2) is 19.0 Å². The van der Waals surface area contributed by atoms with E-state index in [1.807, 2.05) is 0 Å². The molecule has 0 atom stereocenters. The van der Waals surface area contributed by atoms with Crippen LogP contribution >= 0.6 is 0 Å². The van der Waals surface area contributed by atoms with E-state index >= 15 is 0 Å². The first-order valence-electron chi connectivity index (χ1n) is 5.08. The Hall–Kier alpha value is -2.18. The monoisotopic (exact) mass is 256 g/mol. The number of carbonyl (C=O) groups is 2. The van der Waals surface area contributed by atoms with Gasteiger partial charge >= 0.3 is 12.1 Å². The number of hydrogen-bond acceptors (Lipinski definition) is 4. The molecular formula is C11H13FN2O4. The van der Waals surface area contributed by atoms with Crippen LogP contribution in [-0.4, -0.2) is 27.8 Å². The van der Waals surface area contributed by atoms with Crippen LogP contribution in [0.5, 0.6) is 0 Å². The molecule has 0 saturated carbocycles. The molecule has 0 radical (unpaired) electrons. The number of carboxylic acids is 1. The average Bonchev–Trinajstić information content (AvgIpc) is 2.17. The summed E-state index contributed by atoms with van der Waals surface area (Å²) in [6.07, 6.45) is 0.0787. The summed E-state index contributed by atoms with van der Waals surface area (Å²) in [7, 11) is 0. The molecular weight excluding hydrogens is 243 g/mol. The van der Waals surface area contributed by atoms with Gasteiger partial charge in [-0.1, -0.05) is 0 Å². The molecule has 0 bridgehead atoms. The molecule has 1 aromatic heterocycles. The highest BCUT2D eigenvalue weighted by Crippen LogP contribution is 2.14. The van der Waals surface area contributed by atoms with E-state index in [1.165, 1.54) is 0 Å². The summed E-state index contributed by atoms with van der Waals surface area (Å²) < 4.78 is 18.3. The lowest BCUT2D eigenvalue weighted by Gasteiger charge is -2.19. The van der Waals surface area contributed by atoms with E-state index in [9.17, 15) is 14.0 Å². The number of anilines is 1. The highest BCUT2D eigenvalue weighted by Gasteiger charge is 2.18. The lowest BCUT2D eigenvalue weighted by molar-refractivity contribution is 0.0633. The minimum Gasteiger partial charge on any atom is -0.478 e. The predicted octanol–water partition coefficient (Wildman–Crippen LogP) is 2.27. The van der Waals surface area contributed by atoms with Crippen molar-refractivity contribution >= 4 is 17.9 Å². The van der Waals surface area contributed by atoms with E-state index in [1.54, 1.807) is 20.8 Å². The quantitative estimate of drug-likeness (QED) is 0.847. The van der Waals surface area contributed by atoms with Crippen molar-refractivity contribution in [2.75, 3.05) is 5.32 Å². The van der Waals surface area contributed by atoms with Crippen molar-refractivity contribution in [1.82, 2.24) is 4.98 Å². The van der Waals surface area contributed by atoms with Crippen molar-refractivity contribution in [2.24, 2.45) is 0 Å². The Bertz CT molecular complexity index is 482. The first-order valence-corrected chi connectivity index (χ1v) is 5.08. The van der Waals surface area contributed by atoms with Gasteiger partial charge in [-0.3, -0.25) is 5.32 Å². The lowest BCUT2D eigenvalue weighted by atomic mass is 10.2. The molecule has 1 amide bonds. The van der Waals surface area contributed by atoms with E-state index in [2.05, 4.69) is 10.3 Å². The Balaban J connectivity index is 2.80. The molecule has 6 nitrogen and oxygen atoms in total. The van der Waals surface area contributed by atoms with Gasteiger partial charge < -0.3 is 9.84 Å². The van der Waals surface area contributed by atoms with Crippen molar-refractivity contribution in [3.05, 3.63) is 23.6 Å². The summed E-state index contributed by atoms with van der Waals surface area (Å²) >= 11 is 0. The predicted molar refractivity (Wildman–Crippen MR) is 61.0 cm³/mol. The molecule has 0 fully saturated rings. The van der Waals surface area contributed by atoms with Gasteiger partial charge in [-0.05, 0) is 26.8 Å². The minimum atomic E-state index is -1.30. The molecule has 0 aliphatic heterocycles. The zero-order valence-corrected chi connectivity index (χ0v) is 10.2. The molecule has 1 aromatic rings. The molecule has 18 heavy (non-hydrogen) atoms. The number of hydrogen-bond donors (Lipinski definition) is 2. The largest absolute Gasteiger partial charge is 0.478 e. The highest BCUT2D eigenvalue weighted by atomic mass is 19.1. The van der Waals surface area contributed by atoms with Crippen LogP contribution in [0, 0.1) is 5.82 Å². The number of aromatic carboxylic acids is 1. The summed E-state index contributed by atoms with van der Waals surface area (Å²) in [5, 5.41) is 10.7. The first-order chi connectivity index (χ1) is 8.19. The second-order valence-electron chi connectivity index (χ2n) is 4.49. The number of ether oxygens (including phenoxy) is 1. The summed E-state index contributed by atoms with van der Waals surface area (Å²) in [5.41, 5.74) is -1.02. The first kappa shape index (κ1) is 13.9. The maximum Gasteiger partial charge on any atom is 0.413 e. The molecule has 1 rings (SSSR count). The zero-order chi connectivity index (χ0) is 13.9. The third-order valence-corrected chi connectivity index (χ3v) is 1.71. The smallest absolute Gasteiger partial charge is 0.413 e. The van der Waals surface area contributed by atoms with Crippen molar-refractivity contribution < 1.29 is 23.8 Å². The van der Waals surface area contributed by atoms with Crippen molar-refractivity contribution in [2.45, 2.75) is 26.4 Å². The number of pyridine rings is 1. The number of amides is 1. The second-order valence-corrected chi connectivity index (χ2v) is 4.49. The number of aromatic nitrogens is 1. The minimum absolute atomic E-state index is 0.303. The van der Waals surface area contributed by atoms with Crippen LogP contribution in [0.3, 0.4) is 0 Å². The molecule has 7 heteroatoms. The summed E-state index contributed by atoms with van der Waals surface area (Å²) in [4.78, 5) is 25.4. The molecule has 0 unspecified atom stereocenters. The highest BCUT2D eigenvalue weighted by molar-refractivity contribution is 5.88. The van der Waals surface area contributed by atoms with E-state index in [0.29, 0.717) is 0 Å². The Labute approximate surface area is 103 Å². The average molecular weight is 256 g/mol. The number of nitrogens with zero attached hydrogens (tertiary/aromatic N) is 1. The van der Waals surface area contributed by atoms with E-state index in [4.69, 9.17) is 9.84 Å². The molecule has 0 spiro atoms. The third-order valence-electron chi connectivity index (χ3n) is 1.71. The number of carboxylic acid groups (broad SMARTS) is 1. The van der Waals surface area contributed by atoms with Crippen LogP contribution < -0.4 is 5.32 Å². The standard InChI is InChI=1S/C11H13FN2O4/c1-11(2,3)18-10(17)14-8-7(12)4-6(5-13-8)9(15)16/h4-5H,1-3H3,(H,15,16)(H,13,14,17). The van der Waals surface area contributed by atoms with Gasteiger partial charge in [-0.15, -0.1) is 0 Å². The second kappa shape index (κ2) is 4.99. The van der Waals surface area contributed by atoms with Crippen molar-refractivity contribution in [3.63, 3.8) is 0 Å². The van der Waals surface area contributed by atoms with Crippen LogP contribution in [0.25, 0.3) is 0 Å². The number of nitrogens with one attached hydrogen (secondary N) is 1. The molecule has 0 saturated heterocycles. The maximum absolute atomic E-state index is 13.4. The van der Waals surface area contributed by atoms with Gasteiger partial charge in [0.05, 0.1) is 5.56 Å². The Morgan fingerprint density at radius 3 is 2.50 bits per heavy atom. The topological polar surface area (TPSA) is 88.5 Å². The van der Waals surface area contributed by atoms with Gasteiger partial charge in [-0.2, -0.15) is 0 Å². The number of carbonyl (C=O) groups excluding carboxylic acids is 1. The van der Waals surface area contributed by atoms with Gasteiger partial charge in [0, 0.05) is 6.20 Å². The molecule has 0 aliphatic carbocycles. The fourth-order valence-electron chi connectivity index (χ4n) is 1.05. The molecule has 0 aromatic carbocycles. The lowest BCUT2D eigenvalue weighted by Crippen LogP contribution is -2.27. The maximum atomic E-state index is 13.4. The van der Waals surface area contributed by atoms with Gasteiger partial charge in [0.25, 0.3) is 0 Å². The van der Waals surface area contributed by atoms with Crippen LogP contribution in [0.2, 0.25) is 0 Å². The summed E-state index contributed by atoms with van der Waals surface area (Å²) in [6, 6.07) is 0.766. The zero-order valence-electron chi connectivity index (χ0n) is 10.2. The SMILES string of the molecule is CC(C)(C)OC(=O)Nc1ncc(C(=O)O)cc1F. The molecule has 1 heterocycles. The third kappa shape index (κ3) is 4.00.